The number of nitrogens with one attached hydrogen (secondary N) is 1. The van der Waals surface area contributed by atoms with E-state index in [1.165, 1.54) is 12.4 Å². The molecule has 134 valence electrons. The number of aromatic nitrogens is 1. The van der Waals surface area contributed by atoms with Crippen molar-refractivity contribution in [1.82, 2.24) is 9.71 Å². The molecule has 2 aromatic carbocycles. The number of benzene rings is 2. The number of aryl methyl sites for hydroxylation is 1. The van der Waals surface area contributed by atoms with Crippen LogP contribution in [-0.4, -0.2) is 27.0 Å². The lowest BCUT2D eigenvalue weighted by atomic mass is 9.99. The summed E-state index contributed by atoms with van der Waals surface area (Å²) >= 11 is 0. The molecule has 0 fully saturated rings. The number of sulfonamides is 1. The highest BCUT2D eigenvalue weighted by Gasteiger charge is 2.25. The van der Waals surface area contributed by atoms with E-state index in [1.807, 2.05) is 31.2 Å². The number of nitrogens with zero attached hydrogens (tertiary/aromatic N) is 2. The Labute approximate surface area is 153 Å². The molecule has 0 saturated heterocycles. The number of rotatable bonds is 3. The normalized spacial score (nSPS) is 14.5. The maximum absolute atomic E-state index is 12.3. The summed E-state index contributed by atoms with van der Waals surface area (Å²) in [6.07, 6.45) is 0.677. The van der Waals surface area contributed by atoms with Crippen molar-refractivity contribution >= 4 is 26.6 Å². The number of pyridine rings is 1. The lowest BCUT2D eigenvalue weighted by Gasteiger charge is -2.31. The highest BCUT2D eigenvalue weighted by molar-refractivity contribution is 7.89. The minimum absolute atomic E-state index is 0.388. The lowest BCUT2D eigenvalue weighted by molar-refractivity contribution is 0.585. The van der Waals surface area contributed by atoms with Crippen LogP contribution in [0.4, 0.5) is 5.82 Å². The molecule has 0 atom stereocenters. The minimum atomic E-state index is -3.45. The van der Waals surface area contributed by atoms with Crippen LogP contribution in [0, 0.1) is 6.92 Å². The number of fused-ring (bicyclic) bond motifs is 2. The molecule has 6 heteroatoms. The van der Waals surface area contributed by atoms with Gasteiger partial charge in [0.05, 0.1) is 4.90 Å². The molecule has 5 nitrogen and oxygen atoms in total. The van der Waals surface area contributed by atoms with Crippen molar-refractivity contribution in [2.75, 3.05) is 18.5 Å². The average molecular weight is 367 g/mol. The molecule has 0 unspecified atom stereocenters. The van der Waals surface area contributed by atoms with Crippen LogP contribution in [0.3, 0.4) is 0 Å². The van der Waals surface area contributed by atoms with Crippen LogP contribution in [0.15, 0.2) is 53.4 Å². The fraction of sp³-hybridized carbons (Fsp3) is 0.250. The summed E-state index contributed by atoms with van der Waals surface area (Å²) in [5, 5.41) is 2.30. The van der Waals surface area contributed by atoms with Gasteiger partial charge in [0.1, 0.15) is 5.82 Å². The second-order valence-corrected chi connectivity index (χ2v) is 8.44. The van der Waals surface area contributed by atoms with Gasteiger partial charge in [-0.25, -0.2) is 18.1 Å². The van der Waals surface area contributed by atoms with Gasteiger partial charge in [-0.2, -0.15) is 0 Å². The quantitative estimate of drug-likeness (QED) is 0.773. The first kappa shape index (κ1) is 17.0. The van der Waals surface area contributed by atoms with Crippen molar-refractivity contribution in [3.63, 3.8) is 0 Å². The molecule has 0 radical (unpaired) electrons. The monoisotopic (exact) mass is 367 g/mol. The molecule has 0 aliphatic carbocycles. The summed E-state index contributed by atoms with van der Waals surface area (Å²) in [7, 11) is -2.00. The number of hydrogen-bond donors (Lipinski definition) is 1. The van der Waals surface area contributed by atoms with Gasteiger partial charge in [-0.1, -0.05) is 36.4 Å². The molecule has 0 bridgehead atoms. The van der Waals surface area contributed by atoms with Crippen molar-refractivity contribution in [2.24, 2.45) is 0 Å². The zero-order valence-corrected chi connectivity index (χ0v) is 15.7. The summed E-state index contributed by atoms with van der Waals surface area (Å²) in [4.78, 5) is 7.41. The van der Waals surface area contributed by atoms with Crippen LogP contribution >= 0.6 is 0 Å². The van der Waals surface area contributed by atoms with Crippen LogP contribution in [0.5, 0.6) is 0 Å². The number of anilines is 1. The van der Waals surface area contributed by atoms with Crippen molar-refractivity contribution < 1.29 is 8.42 Å². The SMILES string of the molecule is CNS(=O)(=O)c1cccc2c1CCN(c1nc(C)cc3ccccc13)C2. The third kappa shape index (κ3) is 2.85. The van der Waals surface area contributed by atoms with Crippen LogP contribution in [-0.2, 0) is 23.0 Å². The van der Waals surface area contributed by atoms with Gasteiger partial charge in [0, 0.05) is 24.2 Å². The van der Waals surface area contributed by atoms with Crippen LogP contribution in [0.1, 0.15) is 16.8 Å². The molecule has 1 N–H and O–H groups in total. The molecule has 0 spiro atoms. The van der Waals surface area contributed by atoms with Crippen molar-refractivity contribution in [3.05, 3.63) is 65.4 Å². The van der Waals surface area contributed by atoms with Gasteiger partial charge in [-0.3, -0.25) is 0 Å². The van der Waals surface area contributed by atoms with Crippen molar-refractivity contribution in [1.29, 1.82) is 0 Å². The molecule has 1 aliphatic rings. The largest absolute Gasteiger partial charge is 0.351 e. The molecule has 3 aromatic rings. The Hall–Kier alpha value is -2.44. The second kappa shape index (κ2) is 6.37. The average Bonchev–Trinajstić information content (AvgIpc) is 2.66. The van der Waals surface area contributed by atoms with E-state index >= 15 is 0 Å². The summed E-state index contributed by atoms with van der Waals surface area (Å²) < 4.78 is 27.0. The van der Waals surface area contributed by atoms with E-state index in [2.05, 4.69) is 27.8 Å². The van der Waals surface area contributed by atoms with E-state index in [0.717, 1.165) is 34.6 Å². The maximum Gasteiger partial charge on any atom is 0.240 e. The Morgan fingerprint density at radius 3 is 2.73 bits per heavy atom. The standard InChI is InChI=1S/C20H21N3O2S/c1-14-12-15-6-3-4-8-18(15)20(22-14)23-11-10-17-16(13-23)7-5-9-19(17)26(24,25)21-2/h3-9,12,21H,10-11,13H2,1-2H3. The van der Waals surface area contributed by atoms with E-state index in [0.29, 0.717) is 17.9 Å². The molecule has 4 rings (SSSR count). The molecule has 1 aromatic heterocycles. The topological polar surface area (TPSA) is 62.3 Å². The molecule has 0 amide bonds. The molecular weight excluding hydrogens is 346 g/mol. The first-order valence-corrected chi connectivity index (χ1v) is 10.1. The van der Waals surface area contributed by atoms with Gasteiger partial charge in [0.2, 0.25) is 10.0 Å². The van der Waals surface area contributed by atoms with Gasteiger partial charge in [0.25, 0.3) is 0 Å². The number of hydrogen-bond acceptors (Lipinski definition) is 4. The van der Waals surface area contributed by atoms with Gasteiger partial charge < -0.3 is 4.90 Å². The zero-order chi connectivity index (χ0) is 18.3. The predicted octanol–water partition coefficient (Wildman–Crippen LogP) is 3.01. The van der Waals surface area contributed by atoms with E-state index in [-0.39, 0.29) is 0 Å². The van der Waals surface area contributed by atoms with Crippen LogP contribution in [0.25, 0.3) is 10.8 Å². The Morgan fingerprint density at radius 1 is 1.12 bits per heavy atom. The third-order valence-corrected chi connectivity index (χ3v) is 6.43. The minimum Gasteiger partial charge on any atom is -0.351 e. The van der Waals surface area contributed by atoms with E-state index in [4.69, 9.17) is 4.98 Å². The lowest BCUT2D eigenvalue weighted by Crippen LogP contribution is -2.33. The zero-order valence-electron chi connectivity index (χ0n) is 14.9. The maximum atomic E-state index is 12.3. The molecule has 26 heavy (non-hydrogen) atoms. The summed E-state index contributed by atoms with van der Waals surface area (Å²) in [5.74, 6) is 0.966. The fourth-order valence-electron chi connectivity index (χ4n) is 3.67. The van der Waals surface area contributed by atoms with Gasteiger partial charge in [-0.15, -0.1) is 0 Å². The Balaban J connectivity index is 1.78. The first-order valence-electron chi connectivity index (χ1n) is 8.65. The molecule has 1 aliphatic heterocycles. The van der Waals surface area contributed by atoms with Crippen molar-refractivity contribution in [2.45, 2.75) is 24.8 Å². The van der Waals surface area contributed by atoms with E-state index in [1.54, 1.807) is 6.07 Å². The van der Waals surface area contributed by atoms with Gasteiger partial charge >= 0.3 is 0 Å². The molecular formula is C20H21N3O2S. The Morgan fingerprint density at radius 2 is 1.92 bits per heavy atom. The molecule has 0 saturated carbocycles. The molecule has 2 heterocycles. The van der Waals surface area contributed by atoms with Crippen molar-refractivity contribution in [3.8, 4) is 0 Å². The third-order valence-electron chi connectivity index (χ3n) is 4.93. The fourth-order valence-corrected chi connectivity index (χ4v) is 4.70. The predicted molar refractivity (Wildman–Crippen MR) is 104 cm³/mol. The van der Waals surface area contributed by atoms with Gasteiger partial charge in [0.15, 0.2) is 0 Å². The van der Waals surface area contributed by atoms with Crippen LogP contribution in [0.2, 0.25) is 0 Å². The Bertz CT molecular complexity index is 1090. The smallest absolute Gasteiger partial charge is 0.240 e. The highest BCUT2D eigenvalue weighted by atomic mass is 32.2. The second-order valence-electron chi connectivity index (χ2n) is 6.58. The first-order chi connectivity index (χ1) is 12.5. The van der Waals surface area contributed by atoms with E-state index < -0.39 is 10.0 Å². The summed E-state index contributed by atoms with van der Waals surface area (Å²) in [6.45, 7) is 3.40. The summed E-state index contributed by atoms with van der Waals surface area (Å²) in [6, 6.07) is 15.8. The summed E-state index contributed by atoms with van der Waals surface area (Å²) in [5.41, 5.74) is 2.94. The van der Waals surface area contributed by atoms with Gasteiger partial charge in [-0.05, 0) is 49.0 Å². The van der Waals surface area contributed by atoms with E-state index in [9.17, 15) is 8.42 Å². The Kier molecular flexibility index (Phi) is 4.17. The highest BCUT2D eigenvalue weighted by Crippen LogP contribution is 2.32. The van der Waals surface area contributed by atoms with Crippen LogP contribution < -0.4 is 9.62 Å².